The maximum absolute atomic E-state index is 4.44. The lowest BCUT2D eigenvalue weighted by molar-refractivity contribution is 1.14. The largest absolute Gasteiger partial charge is 0.337 e. The second-order valence-electron chi connectivity index (χ2n) is 3.20. The summed E-state index contributed by atoms with van der Waals surface area (Å²) < 4.78 is 0. The number of benzene rings is 1. The molecular formula is C11H8N4. The Morgan fingerprint density at radius 1 is 1.07 bits per heavy atom. The number of imidazole rings is 1. The highest BCUT2D eigenvalue weighted by atomic mass is 15.0. The molecule has 1 N–H and O–H groups in total. The molecule has 2 aromatic heterocycles. The van der Waals surface area contributed by atoms with Crippen LogP contribution < -0.4 is 0 Å². The van der Waals surface area contributed by atoms with E-state index in [4.69, 9.17) is 0 Å². The molecule has 3 aromatic rings. The predicted octanol–water partition coefficient (Wildman–Crippen LogP) is 2.02. The molecule has 0 amide bonds. The molecule has 0 bridgehead atoms. The highest BCUT2D eigenvalue weighted by molar-refractivity contribution is 5.78. The van der Waals surface area contributed by atoms with E-state index in [0.29, 0.717) is 0 Å². The van der Waals surface area contributed by atoms with Gasteiger partial charge in [-0.25, -0.2) is 15.0 Å². The Kier molecular flexibility index (Phi) is 1.71. The van der Waals surface area contributed by atoms with Gasteiger partial charge in [-0.15, -0.1) is 0 Å². The number of nitrogens with zero attached hydrogens (tertiary/aromatic N) is 3. The second-order valence-corrected chi connectivity index (χ2v) is 3.20. The van der Waals surface area contributed by atoms with Crippen molar-refractivity contribution in [1.29, 1.82) is 0 Å². The molecule has 0 saturated heterocycles. The number of rotatable bonds is 1. The van der Waals surface area contributed by atoms with Crippen molar-refractivity contribution in [1.82, 2.24) is 19.9 Å². The molecule has 1 aromatic carbocycles. The van der Waals surface area contributed by atoms with Crippen LogP contribution in [0, 0.1) is 0 Å². The highest BCUT2D eigenvalue weighted by Gasteiger charge is 2.04. The van der Waals surface area contributed by atoms with Crippen molar-refractivity contribution in [3.63, 3.8) is 0 Å². The molecule has 0 aliphatic carbocycles. The molecule has 4 heteroatoms. The third-order valence-corrected chi connectivity index (χ3v) is 2.21. The monoisotopic (exact) mass is 196 g/mol. The molecule has 0 unspecified atom stereocenters. The fraction of sp³-hybridized carbons (Fsp3) is 0. The minimum absolute atomic E-state index is 0.776. The zero-order chi connectivity index (χ0) is 10.1. The Balaban J connectivity index is 2.21. The van der Waals surface area contributed by atoms with Gasteiger partial charge in [0.1, 0.15) is 12.0 Å². The van der Waals surface area contributed by atoms with E-state index in [1.165, 1.54) is 6.33 Å². The number of aromatic nitrogens is 4. The van der Waals surface area contributed by atoms with Gasteiger partial charge in [0.15, 0.2) is 5.82 Å². The van der Waals surface area contributed by atoms with E-state index in [9.17, 15) is 0 Å². The predicted molar refractivity (Wildman–Crippen MR) is 57.1 cm³/mol. The maximum atomic E-state index is 4.44. The van der Waals surface area contributed by atoms with Crippen LogP contribution in [-0.2, 0) is 0 Å². The van der Waals surface area contributed by atoms with Crippen LogP contribution in [0.4, 0.5) is 0 Å². The van der Waals surface area contributed by atoms with Gasteiger partial charge in [-0.1, -0.05) is 12.1 Å². The molecule has 4 nitrogen and oxygen atoms in total. The van der Waals surface area contributed by atoms with Gasteiger partial charge in [0.25, 0.3) is 0 Å². The van der Waals surface area contributed by atoms with E-state index in [1.54, 1.807) is 6.20 Å². The van der Waals surface area contributed by atoms with E-state index >= 15 is 0 Å². The number of hydrogen-bond acceptors (Lipinski definition) is 3. The van der Waals surface area contributed by atoms with Crippen LogP contribution in [0.3, 0.4) is 0 Å². The lowest BCUT2D eigenvalue weighted by atomic mass is 10.3. The summed E-state index contributed by atoms with van der Waals surface area (Å²) in [7, 11) is 0. The SMILES string of the molecule is c1ccc2[nH]c(-c3ccncn3)nc2c1. The third kappa shape index (κ3) is 1.36. The molecule has 3 rings (SSSR count). The van der Waals surface area contributed by atoms with Crippen LogP contribution in [0.1, 0.15) is 0 Å². The minimum atomic E-state index is 0.776. The molecule has 0 aliphatic heterocycles. The van der Waals surface area contributed by atoms with Crippen LogP contribution in [0.25, 0.3) is 22.6 Å². The van der Waals surface area contributed by atoms with Gasteiger partial charge < -0.3 is 4.98 Å². The van der Waals surface area contributed by atoms with Crippen LogP contribution in [0.15, 0.2) is 42.9 Å². The topological polar surface area (TPSA) is 54.5 Å². The van der Waals surface area contributed by atoms with Crippen molar-refractivity contribution < 1.29 is 0 Å². The summed E-state index contributed by atoms with van der Waals surface area (Å²) in [6, 6.07) is 9.73. The maximum Gasteiger partial charge on any atom is 0.157 e. The standard InChI is InChI=1S/C11H8N4/c1-2-4-9-8(3-1)14-11(15-9)10-5-6-12-7-13-10/h1-7H,(H,14,15). The average Bonchev–Trinajstić information content (AvgIpc) is 2.74. The summed E-state index contributed by atoms with van der Waals surface area (Å²) in [6.07, 6.45) is 3.22. The van der Waals surface area contributed by atoms with E-state index < -0.39 is 0 Å². The first kappa shape index (κ1) is 8.11. The average molecular weight is 196 g/mol. The smallest absolute Gasteiger partial charge is 0.157 e. The van der Waals surface area contributed by atoms with Gasteiger partial charge in [-0.2, -0.15) is 0 Å². The lowest BCUT2D eigenvalue weighted by Gasteiger charge is -1.91. The molecule has 0 fully saturated rings. The van der Waals surface area contributed by atoms with Crippen molar-refractivity contribution >= 4 is 11.0 Å². The van der Waals surface area contributed by atoms with Gasteiger partial charge in [-0.05, 0) is 18.2 Å². The van der Waals surface area contributed by atoms with Crippen LogP contribution in [0.2, 0.25) is 0 Å². The molecule has 72 valence electrons. The van der Waals surface area contributed by atoms with Crippen LogP contribution in [-0.4, -0.2) is 19.9 Å². The normalized spacial score (nSPS) is 10.7. The first-order valence-electron chi connectivity index (χ1n) is 4.64. The van der Waals surface area contributed by atoms with Gasteiger partial charge in [-0.3, -0.25) is 0 Å². The van der Waals surface area contributed by atoms with Gasteiger partial charge in [0, 0.05) is 6.20 Å². The molecular weight excluding hydrogens is 188 g/mol. The van der Waals surface area contributed by atoms with E-state index in [1.807, 2.05) is 30.3 Å². The van der Waals surface area contributed by atoms with Gasteiger partial charge >= 0.3 is 0 Å². The van der Waals surface area contributed by atoms with Crippen molar-refractivity contribution in [2.45, 2.75) is 0 Å². The summed E-state index contributed by atoms with van der Waals surface area (Å²) in [6.45, 7) is 0. The Labute approximate surface area is 86.0 Å². The molecule has 2 heterocycles. The van der Waals surface area contributed by atoms with E-state index in [0.717, 1.165) is 22.6 Å². The zero-order valence-corrected chi connectivity index (χ0v) is 7.88. The molecule has 15 heavy (non-hydrogen) atoms. The number of hydrogen-bond donors (Lipinski definition) is 1. The van der Waals surface area contributed by atoms with Crippen LogP contribution in [0.5, 0.6) is 0 Å². The summed E-state index contributed by atoms with van der Waals surface area (Å²) in [5.74, 6) is 0.776. The minimum Gasteiger partial charge on any atom is -0.337 e. The summed E-state index contributed by atoms with van der Waals surface area (Å²) in [5, 5.41) is 0. The Bertz CT molecular complexity index is 553. The lowest BCUT2D eigenvalue weighted by Crippen LogP contribution is -1.85. The van der Waals surface area contributed by atoms with E-state index in [2.05, 4.69) is 19.9 Å². The molecule has 0 saturated carbocycles. The summed E-state index contributed by atoms with van der Waals surface area (Å²) >= 11 is 0. The van der Waals surface area contributed by atoms with E-state index in [-0.39, 0.29) is 0 Å². The molecule has 0 spiro atoms. The van der Waals surface area contributed by atoms with Crippen molar-refractivity contribution in [2.75, 3.05) is 0 Å². The fourth-order valence-electron chi connectivity index (χ4n) is 1.50. The molecule has 0 aliphatic rings. The van der Waals surface area contributed by atoms with Crippen molar-refractivity contribution in [3.8, 4) is 11.5 Å². The van der Waals surface area contributed by atoms with Crippen molar-refractivity contribution in [2.24, 2.45) is 0 Å². The number of nitrogens with one attached hydrogen (secondary N) is 1. The number of fused-ring (bicyclic) bond motifs is 1. The zero-order valence-electron chi connectivity index (χ0n) is 7.88. The number of para-hydroxylation sites is 2. The first-order valence-corrected chi connectivity index (χ1v) is 4.64. The highest BCUT2D eigenvalue weighted by Crippen LogP contribution is 2.17. The fourth-order valence-corrected chi connectivity index (χ4v) is 1.50. The Morgan fingerprint density at radius 3 is 2.80 bits per heavy atom. The summed E-state index contributed by atoms with van der Waals surface area (Å²) in [5.41, 5.74) is 2.78. The number of H-pyrrole nitrogens is 1. The van der Waals surface area contributed by atoms with Crippen LogP contribution >= 0.6 is 0 Å². The van der Waals surface area contributed by atoms with Gasteiger partial charge in [0.05, 0.1) is 11.0 Å². The Hall–Kier alpha value is -2.23. The number of aromatic amines is 1. The summed E-state index contributed by atoms with van der Waals surface area (Å²) in [4.78, 5) is 15.7. The van der Waals surface area contributed by atoms with Crippen molar-refractivity contribution in [3.05, 3.63) is 42.9 Å². The third-order valence-electron chi connectivity index (χ3n) is 2.21. The quantitative estimate of drug-likeness (QED) is 0.647. The first-order chi connectivity index (χ1) is 7.43. The molecule has 0 radical (unpaired) electrons. The van der Waals surface area contributed by atoms with Gasteiger partial charge in [0.2, 0.25) is 0 Å². The second kappa shape index (κ2) is 3.16. The molecule has 0 atom stereocenters. The Morgan fingerprint density at radius 2 is 2.00 bits per heavy atom.